The Kier molecular flexibility index (Phi) is 8.38. The van der Waals surface area contributed by atoms with Crippen LogP contribution in [0.3, 0.4) is 0 Å². The van der Waals surface area contributed by atoms with Gasteiger partial charge in [-0.1, -0.05) is 63.9 Å². The summed E-state index contributed by atoms with van der Waals surface area (Å²) >= 11 is 0. The van der Waals surface area contributed by atoms with Crippen molar-refractivity contribution < 1.29 is 14.4 Å². The van der Waals surface area contributed by atoms with E-state index >= 15 is 0 Å². The van der Waals surface area contributed by atoms with Crippen LogP contribution in [0.15, 0.2) is 4.52 Å². The molecule has 0 bridgehead atoms. The van der Waals surface area contributed by atoms with Gasteiger partial charge in [-0.05, 0) is 24.8 Å². The Morgan fingerprint density at radius 1 is 1.32 bits per heavy atom. The summed E-state index contributed by atoms with van der Waals surface area (Å²) in [6, 6.07) is 0. The van der Waals surface area contributed by atoms with Crippen LogP contribution in [0.5, 0.6) is 0 Å². The van der Waals surface area contributed by atoms with Crippen LogP contribution < -0.4 is 5.32 Å². The van der Waals surface area contributed by atoms with E-state index in [1.807, 2.05) is 0 Å². The van der Waals surface area contributed by atoms with Gasteiger partial charge in [0.15, 0.2) is 5.82 Å². The van der Waals surface area contributed by atoms with E-state index in [1.165, 1.54) is 38.5 Å². The first-order chi connectivity index (χ1) is 12.0. The highest BCUT2D eigenvalue weighted by atomic mass is 16.5. The highest BCUT2D eigenvalue weighted by molar-refractivity contribution is 5.67. The highest BCUT2D eigenvalue weighted by Gasteiger charge is 2.23. The number of carboxylic acid groups (broad SMARTS) is 1. The Morgan fingerprint density at radius 3 is 2.76 bits per heavy atom. The SMILES string of the molecule is CC(C)CNCc1noc(C(CCCC2CCCCC2)CC(=O)O)n1. The molecule has 0 aliphatic heterocycles. The molecule has 2 N–H and O–H groups in total. The van der Waals surface area contributed by atoms with Crippen molar-refractivity contribution in [3.05, 3.63) is 11.7 Å². The van der Waals surface area contributed by atoms with Gasteiger partial charge in [-0.2, -0.15) is 4.98 Å². The summed E-state index contributed by atoms with van der Waals surface area (Å²) in [5, 5.41) is 16.5. The van der Waals surface area contributed by atoms with Gasteiger partial charge >= 0.3 is 5.97 Å². The lowest BCUT2D eigenvalue weighted by molar-refractivity contribution is -0.137. The van der Waals surface area contributed by atoms with Crippen LogP contribution in [0.4, 0.5) is 0 Å². The number of carboxylic acids is 1. The van der Waals surface area contributed by atoms with Gasteiger partial charge in [-0.3, -0.25) is 4.79 Å². The van der Waals surface area contributed by atoms with Crippen LogP contribution in [0.2, 0.25) is 0 Å². The smallest absolute Gasteiger partial charge is 0.304 e. The number of hydrogen-bond donors (Lipinski definition) is 2. The number of aliphatic carboxylic acids is 1. The molecule has 142 valence electrons. The fraction of sp³-hybridized carbons (Fsp3) is 0.842. The second-order valence-electron chi connectivity index (χ2n) is 7.80. The first-order valence-electron chi connectivity index (χ1n) is 9.79. The van der Waals surface area contributed by atoms with Crippen LogP contribution in [0.25, 0.3) is 0 Å². The summed E-state index contributed by atoms with van der Waals surface area (Å²) in [6.45, 7) is 5.74. The highest BCUT2D eigenvalue weighted by Crippen LogP contribution is 2.31. The normalized spacial score (nSPS) is 17.1. The fourth-order valence-corrected chi connectivity index (χ4v) is 3.63. The Bertz CT molecular complexity index is 510. The van der Waals surface area contributed by atoms with Crippen molar-refractivity contribution in [3.8, 4) is 0 Å². The zero-order valence-corrected chi connectivity index (χ0v) is 15.7. The standard InChI is InChI=1S/C19H33N3O3/c1-14(2)12-20-13-17-21-19(25-22-17)16(11-18(23)24)10-6-9-15-7-4-3-5-8-15/h14-16,20H,3-13H2,1-2H3,(H,23,24). The second-order valence-corrected chi connectivity index (χ2v) is 7.80. The first-order valence-corrected chi connectivity index (χ1v) is 9.79. The minimum atomic E-state index is -0.805. The molecule has 1 aromatic heterocycles. The Hall–Kier alpha value is -1.43. The van der Waals surface area contributed by atoms with Crippen molar-refractivity contribution in [2.24, 2.45) is 11.8 Å². The van der Waals surface area contributed by atoms with Crippen LogP contribution >= 0.6 is 0 Å². The molecule has 0 spiro atoms. The van der Waals surface area contributed by atoms with Gasteiger partial charge in [0.1, 0.15) is 0 Å². The first kappa shape index (κ1) is 19.9. The monoisotopic (exact) mass is 351 g/mol. The molecule has 1 saturated carbocycles. The quantitative estimate of drug-likeness (QED) is 0.623. The molecule has 1 atom stereocenters. The van der Waals surface area contributed by atoms with Gasteiger partial charge in [0.05, 0.1) is 13.0 Å². The predicted molar refractivity (Wildman–Crippen MR) is 96.3 cm³/mol. The average molecular weight is 351 g/mol. The van der Waals surface area contributed by atoms with Crippen LogP contribution in [-0.2, 0) is 11.3 Å². The van der Waals surface area contributed by atoms with Crippen LogP contribution in [-0.4, -0.2) is 27.8 Å². The van der Waals surface area contributed by atoms with Gasteiger partial charge < -0.3 is 14.9 Å². The third-order valence-electron chi connectivity index (χ3n) is 4.98. The maximum absolute atomic E-state index is 11.2. The Morgan fingerprint density at radius 2 is 2.08 bits per heavy atom. The number of nitrogens with one attached hydrogen (secondary N) is 1. The van der Waals surface area contributed by atoms with Crippen molar-refractivity contribution >= 4 is 5.97 Å². The predicted octanol–water partition coefficient (Wildman–Crippen LogP) is 4.12. The summed E-state index contributed by atoms with van der Waals surface area (Å²) in [5.74, 6) is 1.49. The van der Waals surface area contributed by atoms with Crippen LogP contribution in [0, 0.1) is 11.8 Å². The van der Waals surface area contributed by atoms with Gasteiger partial charge in [-0.15, -0.1) is 0 Å². The third-order valence-corrected chi connectivity index (χ3v) is 4.98. The summed E-state index contributed by atoms with van der Waals surface area (Å²) in [6.07, 6.45) is 9.81. The molecule has 0 aromatic carbocycles. The molecule has 25 heavy (non-hydrogen) atoms. The lowest BCUT2D eigenvalue weighted by Gasteiger charge is -2.21. The second kappa shape index (κ2) is 10.5. The molecule has 1 aliphatic carbocycles. The number of aromatic nitrogens is 2. The van der Waals surface area contributed by atoms with E-state index in [4.69, 9.17) is 4.52 Å². The molecule has 1 heterocycles. The van der Waals surface area contributed by atoms with Gasteiger partial charge in [0.2, 0.25) is 5.89 Å². The molecule has 0 saturated heterocycles. The van der Waals surface area contributed by atoms with Crippen molar-refractivity contribution in [1.82, 2.24) is 15.5 Å². The maximum Gasteiger partial charge on any atom is 0.304 e. The van der Waals surface area contributed by atoms with Gasteiger partial charge in [-0.25, -0.2) is 0 Å². The zero-order valence-electron chi connectivity index (χ0n) is 15.7. The van der Waals surface area contributed by atoms with E-state index in [1.54, 1.807) is 0 Å². The number of carbonyl (C=O) groups is 1. The van der Waals surface area contributed by atoms with Gasteiger partial charge in [0.25, 0.3) is 0 Å². The van der Waals surface area contributed by atoms with E-state index in [2.05, 4.69) is 29.3 Å². The molecule has 1 unspecified atom stereocenters. The molecule has 1 aromatic rings. The molecule has 6 nitrogen and oxygen atoms in total. The van der Waals surface area contributed by atoms with E-state index in [-0.39, 0.29) is 12.3 Å². The number of nitrogens with zero attached hydrogens (tertiary/aromatic N) is 2. The van der Waals surface area contributed by atoms with Crippen molar-refractivity contribution in [2.45, 2.75) is 84.1 Å². The van der Waals surface area contributed by atoms with E-state index in [0.717, 1.165) is 25.3 Å². The zero-order chi connectivity index (χ0) is 18.1. The molecule has 6 heteroatoms. The van der Waals surface area contributed by atoms with E-state index < -0.39 is 5.97 Å². The number of rotatable bonds is 11. The Balaban J connectivity index is 1.83. The van der Waals surface area contributed by atoms with Crippen molar-refractivity contribution in [3.63, 3.8) is 0 Å². The summed E-state index contributed by atoms with van der Waals surface area (Å²) in [4.78, 5) is 15.6. The molecule has 0 amide bonds. The lowest BCUT2D eigenvalue weighted by atomic mass is 9.84. The van der Waals surface area contributed by atoms with Crippen molar-refractivity contribution in [2.75, 3.05) is 6.54 Å². The largest absolute Gasteiger partial charge is 0.481 e. The summed E-state index contributed by atoms with van der Waals surface area (Å²) in [7, 11) is 0. The summed E-state index contributed by atoms with van der Waals surface area (Å²) in [5.41, 5.74) is 0. The third kappa shape index (κ3) is 7.55. The minimum Gasteiger partial charge on any atom is -0.481 e. The molecule has 2 rings (SSSR count). The van der Waals surface area contributed by atoms with E-state index in [9.17, 15) is 9.90 Å². The molecular formula is C19H33N3O3. The minimum absolute atomic E-state index is 0.0612. The molecule has 1 fully saturated rings. The van der Waals surface area contributed by atoms with Gasteiger partial charge in [0, 0.05) is 5.92 Å². The van der Waals surface area contributed by atoms with Crippen molar-refractivity contribution in [1.29, 1.82) is 0 Å². The Labute approximate surface area is 150 Å². The fourth-order valence-electron chi connectivity index (χ4n) is 3.63. The van der Waals surface area contributed by atoms with Crippen LogP contribution in [0.1, 0.15) is 89.3 Å². The number of hydrogen-bond acceptors (Lipinski definition) is 5. The molecule has 1 aliphatic rings. The average Bonchev–Trinajstić information content (AvgIpc) is 3.03. The van der Waals surface area contributed by atoms with E-state index in [0.29, 0.717) is 24.2 Å². The topological polar surface area (TPSA) is 88.2 Å². The lowest BCUT2D eigenvalue weighted by Crippen LogP contribution is -2.19. The maximum atomic E-state index is 11.2. The molecular weight excluding hydrogens is 318 g/mol. The molecule has 0 radical (unpaired) electrons. The summed E-state index contributed by atoms with van der Waals surface area (Å²) < 4.78 is 5.36.